The summed E-state index contributed by atoms with van der Waals surface area (Å²) in [5.74, 6) is -2.40. The van der Waals surface area contributed by atoms with Crippen molar-refractivity contribution in [2.75, 3.05) is 11.9 Å². The molecule has 3 aliphatic rings. The molecule has 0 spiro atoms. The third-order valence-corrected chi connectivity index (χ3v) is 6.21. The number of allylic oxidation sites excluding steroid dienone is 2. The fourth-order valence-electron chi connectivity index (χ4n) is 4.88. The number of nitrogens with one attached hydrogen (secondary N) is 1. The van der Waals surface area contributed by atoms with Crippen LogP contribution < -0.4 is 5.32 Å². The summed E-state index contributed by atoms with van der Waals surface area (Å²) in [6.07, 6.45) is 3.03. The second kappa shape index (κ2) is 6.79. The van der Waals surface area contributed by atoms with Crippen molar-refractivity contribution in [2.45, 2.75) is 12.6 Å². The molecule has 4 unspecified atom stereocenters. The van der Waals surface area contributed by atoms with Crippen molar-refractivity contribution in [2.24, 2.45) is 23.7 Å². The molecule has 1 aromatic heterocycles. The molecule has 1 saturated heterocycles. The lowest BCUT2D eigenvalue weighted by Crippen LogP contribution is -2.39. The second-order valence-corrected chi connectivity index (χ2v) is 7.99. The smallest absolute Gasteiger partial charge is 0.323 e. The van der Waals surface area contributed by atoms with Gasteiger partial charge >= 0.3 is 6.18 Å². The third-order valence-electron chi connectivity index (χ3n) is 6.21. The largest absolute Gasteiger partial charge is 0.416 e. The van der Waals surface area contributed by atoms with Crippen molar-refractivity contribution in [3.8, 4) is 5.69 Å². The lowest BCUT2D eigenvalue weighted by Gasteiger charge is -2.18. The topological polar surface area (TPSA) is 84.3 Å². The number of benzene rings is 1. The zero-order chi connectivity index (χ0) is 21.9. The molecule has 1 aliphatic heterocycles. The molecular formula is C21H17F3N4O3. The minimum atomic E-state index is -4.60. The summed E-state index contributed by atoms with van der Waals surface area (Å²) in [6, 6.07) is 4.49. The number of amides is 3. The predicted octanol–water partition coefficient (Wildman–Crippen LogP) is 2.64. The molecule has 2 heterocycles. The Morgan fingerprint density at radius 2 is 1.81 bits per heavy atom. The van der Waals surface area contributed by atoms with Crippen LogP contribution in [0.1, 0.15) is 12.0 Å². The van der Waals surface area contributed by atoms with Gasteiger partial charge in [0.2, 0.25) is 17.7 Å². The number of carbonyl (C=O) groups excluding carboxylic acids is 3. The maximum atomic E-state index is 13.2. The minimum absolute atomic E-state index is 0.00870. The van der Waals surface area contributed by atoms with Gasteiger partial charge < -0.3 is 5.32 Å². The summed E-state index contributed by atoms with van der Waals surface area (Å²) in [5.41, 5.74) is -0.835. The van der Waals surface area contributed by atoms with E-state index in [0.29, 0.717) is 0 Å². The number of hydrogen-bond acceptors (Lipinski definition) is 4. The highest BCUT2D eigenvalue weighted by Crippen LogP contribution is 2.52. The van der Waals surface area contributed by atoms with Crippen molar-refractivity contribution >= 4 is 23.4 Å². The van der Waals surface area contributed by atoms with E-state index in [1.165, 1.54) is 23.1 Å². The molecule has 0 radical (unpaired) electrons. The number of fused-ring (bicyclic) bond motifs is 5. The Labute approximate surface area is 174 Å². The number of halogens is 3. The number of rotatable bonds is 4. The van der Waals surface area contributed by atoms with E-state index in [1.807, 2.05) is 12.2 Å². The first-order valence-corrected chi connectivity index (χ1v) is 9.78. The summed E-state index contributed by atoms with van der Waals surface area (Å²) in [7, 11) is 0. The Hall–Kier alpha value is -3.43. The Kier molecular flexibility index (Phi) is 4.28. The third kappa shape index (κ3) is 3.13. The van der Waals surface area contributed by atoms with Gasteiger partial charge in [-0.15, -0.1) is 0 Å². The van der Waals surface area contributed by atoms with Crippen LogP contribution in [0.4, 0.5) is 18.9 Å². The zero-order valence-corrected chi connectivity index (χ0v) is 16.0. The fraction of sp³-hybridized carbons (Fsp3) is 0.333. The summed E-state index contributed by atoms with van der Waals surface area (Å²) in [6.45, 7) is -0.543. The maximum Gasteiger partial charge on any atom is 0.416 e. The van der Waals surface area contributed by atoms with Gasteiger partial charge in [0, 0.05) is 12.4 Å². The summed E-state index contributed by atoms with van der Waals surface area (Å²) in [4.78, 5) is 39.1. The van der Waals surface area contributed by atoms with Crippen molar-refractivity contribution in [3.63, 3.8) is 0 Å². The van der Waals surface area contributed by atoms with Crippen LogP contribution >= 0.6 is 0 Å². The van der Waals surface area contributed by atoms with Gasteiger partial charge in [-0.3, -0.25) is 19.3 Å². The van der Waals surface area contributed by atoms with E-state index >= 15 is 0 Å². The average Bonchev–Trinajstić information content (AvgIpc) is 3.49. The van der Waals surface area contributed by atoms with Crippen LogP contribution in [0.3, 0.4) is 0 Å². The van der Waals surface area contributed by atoms with Gasteiger partial charge in [-0.1, -0.05) is 12.2 Å². The molecule has 160 valence electrons. The molecule has 3 amide bonds. The molecule has 5 rings (SSSR count). The summed E-state index contributed by atoms with van der Waals surface area (Å²) >= 11 is 0. The van der Waals surface area contributed by atoms with E-state index in [-0.39, 0.29) is 23.2 Å². The van der Waals surface area contributed by atoms with E-state index in [1.54, 1.807) is 6.07 Å². The van der Waals surface area contributed by atoms with Gasteiger partial charge in [0.05, 0.1) is 28.8 Å². The SMILES string of the molecule is O=C(CN1C(=O)C2C3C=CC(C3)C2C1=O)Nc1cc(C(F)(F)F)ccc1-n1cccn1. The molecule has 7 nitrogen and oxygen atoms in total. The Morgan fingerprint density at radius 3 is 2.39 bits per heavy atom. The molecule has 1 aromatic carbocycles. The molecule has 1 saturated carbocycles. The fourth-order valence-corrected chi connectivity index (χ4v) is 4.88. The predicted molar refractivity (Wildman–Crippen MR) is 102 cm³/mol. The van der Waals surface area contributed by atoms with Crippen molar-refractivity contribution in [3.05, 3.63) is 54.4 Å². The number of alkyl halides is 3. The van der Waals surface area contributed by atoms with Gasteiger partial charge in [-0.05, 0) is 42.5 Å². The van der Waals surface area contributed by atoms with Crippen LogP contribution in [0, 0.1) is 23.7 Å². The average molecular weight is 430 g/mol. The first kappa shape index (κ1) is 19.5. The zero-order valence-electron chi connectivity index (χ0n) is 16.0. The van der Waals surface area contributed by atoms with Crippen LogP contribution in [0.25, 0.3) is 5.69 Å². The highest BCUT2D eigenvalue weighted by atomic mass is 19.4. The standard InChI is InChI=1S/C21H17F3N4O3/c22-21(23,24)13-4-5-15(28-7-1-6-25-28)14(9-13)26-16(29)10-27-19(30)17-11-2-3-12(8-11)18(17)20(27)31/h1-7,9,11-12,17-18H,8,10H2,(H,26,29). The molecule has 2 aliphatic carbocycles. The molecule has 2 bridgehead atoms. The quantitative estimate of drug-likeness (QED) is 0.597. The summed E-state index contributed by atoms with van der Waals surface area (Å²) < 4.78 is 40.9. The van der Waals surface area contributed by atoms with Crippen LogP contribution in [0.5, 0.6) is 0 Å². The Morgan fingerprint density at radius 1 is 1.13 bits per heavy atom. The van der Waals surface area contributed by atoms with Crippen LogP contribution in [-0.4, -0.2) is 38.9 Å². The van der Waals surface area contributed by atoms with E-state index < -0.39 is 47.8 Å². The number of hydrogen-bond donors (Lipinski definition) is 1. The molecule has 31 heavy (non-hydrogen) atoms. The highest BCUT2D eigenvalue weighted by molar-refractivity contribution is 6.09. The monoisotopic (exact) mass is 430 g/mol. The normalized spacial score (nSPS) is 26.6. The second-order valence-electron chi connectivity index (χ2n) is 7.99. The lowest BCUT2D eigenvalue weighted by molar-refractivity contribution is -0.143. The van der Waals surface area contributed by atoms with Crippen molar-refractivity contribution < 1.29 is 27.6 Å². The number of aromatic nitrogens is 2. The summed E-state index contributed by atoms with van der Waals surface area (Å²) in [5, 5.41) is 6.42. The lowest BCUT2D eigenvalue weighted by atomic mass is 9.85. The van der Waals surface area contributed by atoms with Crippen LogP contribution in [0.15, 0.2) is 48.8 Å². The van der Waals surface area contributed by atoms with E-state index in [2.05, 4.69) is 10.4 Å². The minimum Gasteiger partial charge on any atom is -0.323 e. The molecular weight excluding hydrogens is 413 g/mol. The van der Waals surface area contributed by atoms with Gasteiger partial charge in [0.25, 0.3) is 0 Å². The molecule has 10 heteroatoms. The van der Waals surface area contributed by atoms with Crippen LogP contribution in [-0.2, 0) is 20.6 Å². The molecule has 1 N–H and O–H groups in total. The number of carbonyl (C=O) groups is 3. The molecule has 2 fully saturated rings. The number of anilines is 1. The molecule has 4 atom stereocenters. The first-order valence-electron chi connectivity index (χ1n) is 9.78. The van der Waals surface area contributed by atoms with Crippen molar-refractivity contribution in [1.82, 2.24) is 14.7 Å². The van der Waals surface area contributed by atoms with Gasteiger partial charge in [-0.25, -0.2) is 4.68 Å². The number of imide groups is 1. The Bertz CT molecular complexity index is 1080. The van der Waals surface area contributed by atoms with E-state index in [9.17, 15) is 27.6 Å². The number of likely N-dealkylation sites (tertiary alicyclic amines) is 1. The maximum absolute atomic E-state index is 13.2. The first-order chi connectivity index (χ1) is 14.7. The van der Waals surface area contributed by atoms with E-state index in [4.69, 9.17) is 0 Å². The van der Waals surface area contributed by atoms with Gasteiger partial charge in [-0.2, -0.15) is 18.3 Å². The molecule has 2 aromatic rings. The van der Waals surface area contributed by atoms with E-state index in [0.717, 1.165) is 23.5 Å². The Balaban J connectivity index is 1.38. The van der Waals surface area contributed by atoms with Gasteiger partial charge in [0.15, 0.2) is 0 Å². The van der Waals surface area contributed by atoms with Gasteiger partial charge in [0.1, 0.15) is 6.54 Å². The highest BCUT2D eigenvalue weighted by Gasteiger charge is 2.59. The van der Waals surface area contributed by atoms with Crippen molar-refractivity contribution in [1.29, 1.82) is 0 Å². The number of nitrogens with zero attached hydrogens (tertiary/aromatic N) is 3. The van der Waals surface area contributed by atoms with Crippen LogP contribution in [0.2, 0.25) is 0 Å².